The number of aliphatic hydroxyl groups excluding tert-OH is 1. The quantitative estimate of drug-likeness (QED) is 0.493. The lowest BCUT2D eigenvalue weighted by Gasteiger charge is -2.05. The average Bonchev–Trinajstić information content (AvgIpc) is 2.85. The van der Waals surface area contributed by atoms with Crippen LogP contribution < -0.4 is 10.0 Å². The van der Waals surface area contributed by atoms with Crippen molar-refractivity contribution in [2.24, 2.45) is 0 Å². The zero-order valence-electron chi connectivity index (χ0n) is 7.69. The molecule has 0 aromatic carbocycles. The fourth-order valence-electron chi connectivity index (χ4n) is 0.874. The van der Waals surface area contributed by atoms with Crippen molar-refractivity contribution in [3.63, 3.8) is 0 Å². The first-order valence-electron chi connectivity index (χ1n) is 4.41. The second-order valence-corrected chi connectivity index (χ2v) is 5.13. The van der Waals surface area contributed by atoms with E-state index in [2.05, 4.69) is 10.0 Å². The Balaban J connectivity index is 2.20. The van der Waals surface area contributed by atoms with Crippen LogP contribution >= 0.6 is 0 Å². The van der Waals surface area contributed by atoms with Gasteiger partial charge < -0.3 is 10.4 Å². The predicted molar refractivity (Wildman–Crippen MR) is 50.0 cm³/mol. The van der Waals surface area contributed by atoms with Crippen LogP contribution in [0.2, 0.25) is 0 Å². The molecule has 0 heterocycles. The summed E-state index contributed by atoms with van der Waals surface area (Å²) in [7, 11) is -3.50. The number of carbonyl (C=O) groups is 1. The number of rotatable bonds is 6. The first-order valence-corrected chi connectivity index (χ1v) is 6.06. The van der Waals surface area contributed by atoms with Crippen molar-refractivity contribution in [3.8, 4) is 0 Å². The average molecular weight is 222 g/mol. The topological polar surface area (TPSA) is 95.5 Å². The molecular weight excluding hydrogens is 208 g/mol. The van der Waals surface area contributed by atoms with E-state index >= 15 is 0 Å². The van der Waals surface area contributed by atoms with Gasteiger partial charge in [0, 0.05) is 6.04 Å². The van der Waals surface area contributed by atoms with E-state index in [1.165, 1.54) is 0 Å². The maximum absolute atomic E-state index is 11.0. The molecule has 0 radical (unpaired) electrons. The highest BCUT2D eigenvalue weighted by molar-refractivity contribution is 7.89. The molecule has 14 heavy (non-hydrogen) atoms. The third-order valence-corrected chi connectivity index (χ3v) is 3.06. The first-order chi connectivity index (χ1) is 6.53. The van der Waals surface area contributed by atoms with E-state index < -0.39 is 16.6 Å². The maximum Gasteiger partial charge on any atom is 0.235 e. The lowest BCUT2D eigenvalue weighted by molar-refractivity contribution is -0.120. The van der Waals surface area contributed by atoms with Crippen LogP contribution in [0.1, 0.15) is 12.8 Å². The van der Waals surface area contributed by atoms with E-state index in [0.29, 0.717) is 0 Å². The molecule has 3 N–H and O–H groups in total. The Hall–Kier alpha value is -0.660. The van der Waals surface area contributed by atoms with Gasteiger partial charge in [0.1, 0.15) is 0 Å². The third-order valence-electron chi connectivity index (χ3n) is 1.76. The van der Waals surface area contributed by atoms with Crippen LogP contribution in [0.3, 0.4) is 0 Å². The van der Waals surface area contributed by atoms with Crippen molar-refractivity contribution >= 4 is 15.9 Å². The second kappa shape index (κ2) is 4.72. The molecule has 0 saturated heterocycles. The Kier molecular flexibility index (Phi) is 3.85. The smallest absolute Gasteiger partial charge is 0.235 e. The summed E-state index contributed by atoms with van der Waals surface area (Å²) in [6, 6.07) is 0.227. The van der Waals surface area contributed by atoms with Crippen molar-refractivity contribution in [2.75, 3.05) is 18.9 Å². The van der Waals surface area contributed by atoms with Gasteiger partial charge in [0.25, 0.3) is 0 Å². The van der Waals surface area contributed by atoms with Crippen LogP contribution in [0.4, 0.5) is 0 Å². The molecule has 7 heteroatoms. The molecule has 0 aliphatic heterocycles. The molecule has 1 rings (SSSR count). The summed E-state index contributed by atoms with van der Waals surface area (Å²) in [5.74, 6) is -0.696. The minimum absolute atomic E-state index is 0.227. The summed E-state index contributed by atoms with van der Waals surface area (Å²) >= 11 is 0. The molecule has 0 aromatic heterocycles. The third kappa shape index (κ3) is 4.54. The van der Waals surface area contributed by atoms with Crippen molar-refractivity contribution in [1.82, 2.24) is 10.0 Å². The van der Waals surface area contributed by atoms with Gasteiger partial charge in [-0.25, -0.2) is 13.1 Å². The van der Waals surface area contributed by atoms with E-state index in [-0.39, 0.29) is 24.2 Å². The van der Waals surface area contributed by atoms with Gasteiger partial charge in [-0.05, 0) is 12.8 Å². The molecule has 0 aromatic rings. The summed E-state index contributed by atoms with van der Waals surface area (Å²) in [5, 5.41) is 11.0. The predicted octanol–water partition coefficient (Wildman–Crippen LogP) is -1.82. The minimum atomic E-state index is -3.50. The Labute approximate surface area is 82.7 Å². The normalized spacial score (nSPS) is 16.6. The summed E-state index contributed by atoms with van der Waals surface area (Å²) in [6.07, 6.45) is 1.93. The summed E-state index contributed by atoms with van der Waals surface area (Å²) in [4.78, 5) is 11.0. The Bertz CT molecular complexity index is 297. The van der Waals surface area contributed by atoms with E-state index in [9.17, 15) is 13.2 Å². The number of sulfonamides is 1. The zero-order chi connectivity index (χ0) is 10.6. The molecule has 1 amide bonds. The minimum Gasteiger partial charge on any atom is -0.395 e. The summed E-state index contributed by atoms with van der Waals surface area (Å²) < 4.78 is 24.1. The standard InChI is InChI=1S/C7H14N2O4S/c10-3-4-14(12,13)8-5-7(11)9-6-1-2-6/h6,8,10H,1-5H2,(H,9,11). The lowest BCUT2D eigenvalue weighted by atomic mass is 10.5. The molecule has 6 nitrogen and oxygen atoms in total. The SMILES string of the molecule is O=C(CNS(=O)(=O)CCO)NC1CC1. The summed E-state index contributed by atoms with van der Waals surface area (Å²) in [6.45, 7) is -0.696. The fourth-order valence-corrected chi connectivity index (χ4v) is 1.61. The first kappa shape index (κ1) is 11.4. The lowest BCUT2D eigenvalue weighted by Crippen LogP contribution is -2.39. The van der Waals surface area contributed by atoms with Crippen LogP contribution in [-0.4, -0.2) is 44.4 Å². The molecule has 1 fully saturated rings. The number of hydrogen-bond acceptors (Lipinski definition) is 4. The molecule has 0 atom stereocenters. The van der Waals surface area contributed by atoms with Crippen LogP contribution in [0, 0.1) is 0 Å². The highest BCUT2D eigenvalue weighted by Crippen LogP contribution is 2.18. The molecule has 1 aliphatic rings. The highest BCUT2D eigenvalue weighted by Gasteiger charge is 2.23. The van der Waals surface area contributed by atoms with Gasteiger partial charge in [0.2, 0.25) is 15.9 Å². The fraction of sp³-hybridized carbons (Fsp3) is 0.857. The molecule has 1 aliphatic carbocycles. The van der Waals surface area contributed by atoms with Crippen molar-refractivity contribution in [3.05, 3.63) is 0 Å². The van der Waals surface area contributed by atoms with E-state index in [1.807, 2.05) is 0 Å². The van der Waals surface area contributed by atoms with Crippen LogP contribution in [0.5, 0.6) is 0 Å². The van der Waals surface area contributed by atoms with Gasteiger partial charge in [-0.15, -0.1) is 0 Å². The Morgan fingerprint density at radius 3 is 2.57 bits per heavy atom. The Morgan fingerprint density at radius 1 is 1.43 bits per heavy atom. The molecule has 0 spiro atoms. The summed E-state index contributed by atoms with van der Waals surface area (Å²) in [5.41, 5.74) is 0. The van der Waals surface area contributed by atoms with Crippen LogP contribution in [-0.2, 0) is 14.8 Å². The highest BCUT2D eigenvalue weighted by atomic mass is 32.2. The monoisotopic (exact) mass is 222 g/mol. The van der Waals surface area contributed by atoms with Gasteiger partial charge in [0.15, 0.2) is 0 Å². The molecule has 0 bridgehead atoms. The number of hydrogen-bond donors (Lipinski definition) is 3. The Morgan fingerprint density at radius 2 is 2.07 bits per heavy atom. The number of nitrogens with one attached hydrogen (secondary N) is 2. The molecule has 82 valence electrons. The maximum atomic E-state index is 11.0. The van der Waals surface area contributed by atoms with Crippen molar-refractivity contribution in [2.45, 2.75) is 18.9 Å². The zero-order valence-corrected chi connectivity index (χ0v) is 8.51. The molecule has 1 saturated carbocycles. The van der Waals surface area contributed by atoms with E-state index in [0.717, 1.165) is 12.8 Å². The molecular formula is C7H14N2O4S. The van der Waals surface area contributed by atoms with Crippen LogP contribution in [0.25, 0.3) is 0 Å². The van der Waals surface area contributed by atoms with Crippen LogP contribution in [0.15, 0.2) is 0 Å². The van der Waals surface area contributed by atoms with Gasteiger partial charge in [0.05, 0.1) is 18.9 Å². The van der Waals surface area contributed by atoms with Gasteiger partial charge in [-0.1, -0.05) is 0 Å². The number of aliphatic hydroxyl groups is 1. The number of amides is 1. The van der Waals surface area contributed by atoms with E-state index in [4.69, 9.17) is 5.11 Å². The largest absolute Gasteiger partial charge is 0.395 e. The van der Waals surface area contributed by atoms with E-state index in [1.54, 1.807) is 0 Å². The van der Waals surface area contributed by atoms with Crippen molar-refractivity contribution in [1.29, 1.82) is 0 Å². The second-order valence-electron chi connectivity index (χ2n) is 3.21. The van der Waals surface area contributed by atoms with Gasteiger partial charge in [-0.2, -0.15) is 0 Å². The van der Waals surface area contributed by atoms with Gasteiger partial charge >= 0.3 is 0 Å². The number of carbonyl (C=O) groups excluding carboxylic acids is 1. The van der Waals surface area contributed by atoms with Gasteiger partial charge in [-0.3, -0.25) is 4.79 Å². The van der Waals surface area contributed by atoms with Crippen molar-refractivity contribution < 1.29 is 18.3 Å². The molecule has 0 unspecified atom stereocenters.